The van der Waals surface area contributed by atoms with Gasteiger partial charge in [0.05, 0.1) is 5.60 Å². The van der Waals surface area contributed by atoms with Gasteiger partial charge in [0.15, 0.2) is 0 Å². The highest BCUT2D eigenvalue weighted by molar-refractivity contribution is 5.34. The van der Waals surface area contributed by atoms with Crippen LogP contribution in [0.4, 0.5) is 11.9 Å². The van der Waals surface area contributed by atoms with Crippen molar-refractivity contribution in [3.63, 3.8) is 0 Å². The first kappa shape index (κ1) is 12.2. The smallest absolute Gasteiger partial charge is 0.258 e. The van der Waals surface area contributed by atoms with Gasteiger partial charge in [0.1, 0.15) is 12.7 Å². The molecule has 2 heterocycles. The summed E-state index contributed by atoms with van der Waals surface area (Å²) in [5.41, 5.74) is 4.70. The van der Waals surface area contributed by atoms with Crippen LogP contribution >= 0.6 is 0 Å². The molecule has 0 atom stereocenters. The van der Waals surface area contributed by atoms with E-state index in [1.807, 2.05) is 0 Å². The number of nitrogens with one attached hydrogen (secondary N) is 1. The highest BCUT2D eigenvalue weighted by Crippen LogP contribution is 2.07. The number of nitrogens with two attached hydrogens (primary N) is 1. The van der Waals surface area contributed by atoms with Crippen LogP contribution in [0.3, 0.4) is 0 Å². The lowest BCUT2D eigenvalue weighted by Crippen LogP contribution is -2.30. The van der Waals surface area contributed by atoms with Crippen molar-refractivity contribution in [2.75, 3.05) is 17.6 Å². The molecule has 0 aliphatic heterocycles. The molecule has 0 saturated heterocycles. The number of hydrogen-bond acceptors (Lipinski definition) is 8. The second-order valence-corrected chi connectivity index (χ2v) is 4.32. The van der Waals surface area contributed by atoms with Crippen LogP contribution in [0.1, 0.15) is 13.8 Å². The molecule has 0 unspecified atom stereocenters. The Kier molecular flexibility index (Phi) is 3.06. The summed E-state index contributed by atoms with van der Waals surface area (Å²) in [4.78, 5) is 15.8. The van der Waals surface area contributed by atoms with Crippen molar-refractivity contribution >= 4 is 11.9 Å². The summed E-state index contributed by atoms with van der Waals surface area (Å²) in [6, 6.07) is 0. The Labute approximate surface area is 103 Å². The average molecular weight is 250 g/mol. The normalized spacial score (nSPS) is 11.5. The van der Waals surface area contributed by atoms with Crippen LogP contribution in [-0.2, 0) is 0 Å². The minimum atomic E-state index is -0.880. The molecule has 0 radical (unpaired) electrons. The SMILES string of the molecule is CC(C)(O)CNc1nc(N)nc(-n2cncn2)n1. The van der Waals surface area contributed by atoms with E-state index in [1.165, 1.54) is 17.3 Å². The van der Waals surface area contributed by atoms with E-state index in [1.54, 1.807) is 13.8 Å². The van der Waals surface area contributed by atoms with Gasteiger partial charge in [-0.3, -0.25) is 0 Å². The molecule has 96 valence electrons. The molecule has 4 N–H and O–H groups in total. The fourth-order valence-electron chi connectivity index (χ4n) is 1.17. The molecule has 0 amide bonds. The third-order valence-electron chi connectivity index (χ3n) is 1.94. The van der Waals surface area contributed by atoms with E-state index in [0.29, 0.717) is 0 Å². The molecular formula is C9H14N8O. The lowest BCUT2D eigenvalue weighted by molar-refractivity contribution is 0.0943. The van der Waals surface area contributed by atoms with Gasteiger partial charge in [0.25, 0.3) is 5.95 Å². The summed E-state index contributed by atoms with van der Waals surface area (Å²) in [5.74, 6) is 0.599. The number of aliphatic hydroxyl groups is 1. The van der Waals surface area contributed by atoms with Crippen molar-refractivity contribution in [3.8, 4) is 5.95 Å². The molecular weight excluding hydrogens is 236 g/mol. The zero-order valence-electron chi connectivity index (χ0n) is 10.1. The van der Waals surface area contributed by atoms with Crippen LogP contribution < -0.4 is 11.1 Å². The fraction of sp³-hybridized carbons (Fsp3) is 0.444. The topological polar surface area (TPSA) is 128 Å². The predicted molar refractivity (Wildman–Crippen MR) is 63.9 cm³/mol. The Morgan fingerprint density at radius 3 is 2.78 bits per heavy atom. The largest absolute Gasteiger partial charge is 0.389 e. The van der Waals surface area contributed by atoms with Crippen molar-refractivity contribution in [2.24, 2.45) is 0 Å². The number of nitrogens with zero attached hydrogens (tertiary/aromatic N) is 6. The van der Waals surface area contributed by atoms with Crippen molar-refractivity contribution in [3.05, 3.63) is 12.7 Å². The van der Waals surface area contributed by atoms with E-state index in [2.05, 4.69) is 30.4 Å². The average Bonchev–Trinajstić information content (AvgIpc) is 2.78. The van der Waals surface area contributed by atoms with E-state index >= 15 is 0 Å². The molecule has 0 aromatic carbocycles. The summed E-state index contributed by atoms with van der Waals surface area (Å²) in [7, 11) is 0. The van der Waals surface area contributed by atoms with Crippen molar-refractivity contribution < 1.29 is 5.11 Å². The first-order valence-electron chi connectivity index (χ1n) is 5.27. The molecule has 2 rings (SSSR count). The summed E-state index contributed by atoms with van der Waals surface area (Å²) in [6.07, 6.45) is 2.82. The Bertz CT molecular complexity index is 518. The molecule has 9 heteroatoms. The molecule has 0 bridgehead atoms. The maximum Gasteiger partial charge on any atom is 0.258 e. The quantitative estimate of drug-likeness (QED) is 0.644. The van der Waals surface area contributed by atoms with E-state index in [4.69, 9.17) is 5.73 Å². The monoisotopic (exact) mass is 250 g/mol. The predicted octanol–water partition coefficient (Wildman–Crippen LogP) is -0.783. The lowest BCUT2D eigenvalue weighted by atomic mass is 10.1. The fourth-order valence-corrected chi connectivity index (χ4v) is 1.17. The minimum absolute atomic E-state index is 0.0637. The summed E-state index contributed by atoms with van der Waals surface area (Å²) in [5, 5.41) is 16.4. The van der Waals surface area contributed by atoms with Crippen molar-refractivity contribution in [1.29, 1.82) is 0 Å². The Balaban J connectivity index is 2.22. The van der Waals surface area contributed by atoms with E-state index in [0.717, 1.165) is 0 Å². The maximum atomic E-state index is 9.61. The van der Waals surface area contributed by atoms with E-state index in [9.17, 15) is 5.11 Å². The molecule has 2 aromatic heterocycles. The third kappa shape index (κ3) is 3.10. The van der Waals surface area contributed by atoms with E-state index in [-0.39, 0.29) is 24.4 Å². The number of rotatable bonds is 4. The Morgan fingerprint density at radius 1 is 1.39 bits per heavy atom. The third-order valence-corrected chi connectivity index (χ3v) is 1.94. The van der Waals surface area contributed by atoms with E-state index < -0.39 is 5.60 Å². The zero-order valence-corrected chi connectivity index (χ0v) is 10.1. The first-order valence-corrected chi connectivity index (χ1v) is 5.27. The van der Waals surface area contributed by atoms with Gasteiger partial charge in [-0.25, -0.2) is 4.98 Å². The highest BCUT2D eigenvalue weighted by atomic mass is 16.3. The highest BCUT2D eigenvalue weighted by Gasteiger charge is 2.14. The minimum Gasteiger partial charge on any atom is -0.389 e. The van der Waals surface area contributed by atoms with Crippen molar-refractivity contribution in [1.82, 2.24) is 29.7 Å². The van der Waals surface area contributed by atoms with Gasteiger partial charge >= 0.3 is 0 Å². The van der Waals surface area contributed by atoms with Gasteiger partial charge in [-0.1, -0.05) is 0 Å². The van der Waals surface area contributed by atoms with Crippen LogP contribution in [0.15, 0.2) is 12.7 Å². The van der Waals surface area contributed by atoms with Gasteiger partial charge in [0, 0.05) is 6.54 Å². The number of nitrogen functional groups attached to an aromatic ring is 1. The number of aromatic nitrogens is 6. The second-order valence-electron chi connectivity index (χ2n) is 4.32. The molecule has 0 aliphatic rings. The summed E-state index contributed by atoms with van der Waals surface area (Å²) >= 11 is 0. The Morgan fingerprint density at radius 2 is 2.17 bits per heavy atom. The van der Waals surface area contributed by atoms with Gasteiger partial charge in [0.2, 0.25) is 11.9 Å². The van der Waals surface area contributed by atoms with Gasteiger partial charge < -0.3 is 16.2 Å². The van der Waals surface area contributed by atoms with Gasteiger partial charge in [-0.15, -0.1) is 0 Å². The van der Waals surface area contributed by atoms with Crippen LogP contribution in [0.5, 0.6) is 0 Å². The number of anilines is 2. The van der Waals surface area contributed by atoms with Crippen LogP contribution in [0, 0.1) is 0 Å². The zero-order chi connectivity index (χ0) is 13.2. The summed E-state index contributed by atoms with van der Waals surface area (Å²) in [6.45, 7) is 3.62. The number of hydrogen-bond donors (Lipinski definition) is 3. The molecule has 0 aliphatic carbocycles. The van der Waals surface area contributed by atoms with Gasteiger partial charge in [-0.05, 0) is 13.8 Å². The Hall–Kier alpha value is -2.29. The van der Waals surface area contributed by atoms with Crippen LogP contribution in [-0.4, -0.2) is 47.0 Å². The maximum absolute atomic E-state index is 9.61. The van der Waals surface area contributed by atoms with Crippen molar-refractivity contribution in [2.45, 2.75) is 19.4 Å². The second kappa shape index (κ2) is 4.53. The van der Waals surface area contributed by atoms with Crippen LogP contribution in [0.25, 0.3) is 5.95 Å². The molecule has 9 nitrogen and oxygen atoms in total. The molecule has 18 heavy (non-hydrogen) atoms. The van der Waals surface area contributed by atoms with Crippen LogP contribution in [0.2, 0.25) is 0 Å². The molecule has 0 spiro atoms. The summed E-state index contributed by atoms with van der Waals surface area (Å²) < 4.78 is 1.37. The van der Waals surface area contributed by atoms with Gasteiger partial charge in [-0.2, -0.15) is 24.7 Å². The molecule has 0 saturated carbocycles. The molecule has 0 fully saturated rings. The lowest BCUT2D eigenvalue weighted by Gasteiger charge is -2.17. The molecule has 2 aromatic rings. The first-order chi connectivity index (χ1) is 8.44. The standard InChI is InChI=1S/C9H14N8O/c1-9(2,18)3-12-7-14-6(10)15-8(16-7)17-5-11-4-13-17/h4-5,18H,3H2,1-2H3,(H3,10,12,14,15,16).